The summed E-state index contributed by atoms with van der Waals surface area (Å²) in [4.78, 5) is 28.3. The minimum atomic E-state index is -0.285. The van der Waals surface area contributed by atoms with E-state index in [-0.39, 0.29) is 18.4 Å². The average molecular weight is 336 g/mol. The Kier molecular flexibility index (Phi) is 4.79. The van der Waals surface area contributed by atoms with Crippen molar-refractivity contribution in [3.63, 3.8) is 0 Å². The molecule has 3 rings (SSSR count). The second kappa shape index (κ2) is 7.17. The number of aromatic nitrogens is 2. The van der Waals surface area contributed by atoms with Crippen molar-refractivity contribution >= 4 is 28.5 Å². The van der Waals surface area contributed by atoms with Gasteiger partial charge in [-0.25, -0.2) is 4.98 Å². The third-order valence-corrected chi connectivity index (χ3v) is 3.86. The predicted octanol–water partition coefficient (Wildman–Crippen LogP) is 2.99. The molecule has 0 saturated heterocycles. The summed E-state index contributed by atoms with van der Waals surface area (Å²) in [6, 6.07) is 14.7. The summed E-state index contributed by atoms with van der Waals surface area (Å²) >= 11 is 0. The molecule has 2 amide bonds. The number of nitrogens with one attached hydrogen (secondary N) is 2. The van der Waals surface area contributed by atoms with Crippen LogP contribution in [0.4, 0.5) is 5.69 Å². The summed E-state index contributed by atoms with van der Waals surface area (Å²) in [5.41, 5.74) is 3.02. The van der Waals surface area contributed by atoms with Crippen LogP contribution in [0.15, 0.2) is 54.9 Å². The largest absolute Gasteiger partial charge is 0.343 e. The van der Waals surface area contributed by atoms with E-state index in [1.54, 1.807) is 30.6 Å². The Bertz CT molecular complexity index is 900. The minimum absolute atomic E-state index is 0.0911. The fraction of sp³-hybridized carbons (Fsp3) is 0.211. The van der Waals surface area contributed by atoms with Crippen LogP contribution in [0, 0.1) is 0 Å². The molecule has 2 N–H and O–H groups in total. The van der Waals surface area contributed by atoms with Crippen molar-refractivity contribution < 1.29 is 9.59 Å². The summed E-state index contributed by atoms with van der Waals surface area (Å²) in [5, 5.41) is 5.38. The lowest BCUT2D eigenvalue weighted by molar-refractivity contribution is -0.115. The molecule has 1 heterocycles. The molecule has 0 aliphatic carbocycles. The van der Waals surface area contributed by atoms with Crippen LogP contribution < -0.4 is 10.6 Å². The molecule has 0 saturated carbocycles. The number of fused-ring (bicyclic) bond motifs is 1. The number of benzene rings is 2. The molecule has 1 aromatic heterocycles. The van der Waals surface area contributed by atoms with Crippen molar-refractivity contribution in [3.05, 3.63) is 60.4 Å². The number of carbonyl (C=O) groups is 2. The fourth-order valence-corrected chi connectivity index (χ4v) is 2.58. The Morgan fingerprint density at radius 2 is 1.88 bits per heavy atom. The Hall–Kier alpha value is -3.15. The first-order valence-electron chi connectivity index (χ1n) is 8.14. The van der Waals surface area contributed by atoms with Gasteiger partial charge in [0.25, 0.3) is 5.91 Å². The molecule has 0 aliphatic rings. The van der Waals surface area contributed by atoms with Gasteiger partial charge in [0, 0.05) is 17.3 Å². The van der Waals surface area contributed by atoms with E-state index in [1.165, 1.54) is 0 Å². The van der Waals surface area contributed by atoms with E-state index in [2.05, 4.69) is 34.0 Å². The molecule has 0 fully saturated rings. The number of hydrogen-bond acceptors (Lipinski definition) is 3. The number of anilines is 1. The molecular formula is C19H20N4O2. The first-order chi connectivity index (χ1) is 12.0. The zero-order valence-corrected chi connectivity index (χ0v) is 14.2. The van der Waals surface area contributed by atoms with Crippen LogP contribution >= 0.6 is 0 Å². The second-order valence-corrected chi connectivity index (χ2v) is 6.05. The van der Waals surface area contributed by atoms with Gasteiger partial charge in [-0.05, 0) is 44.2 Å². The maximum Gasteiger partial charge on any atom is 0.251 e. The lowest BCUT2D eigenvalue weighted by Gasteiger charge is -2.09. The van der Waals surface area contributed by atoms with Crippen LogP contribution in [-0.2, 0) is 4.79 Å². The van der Waals surface area contributed by atoms with Gasteiger partial charge >= 0.3 is 0 Å². The molecule has 6 heteroatoms. The van der Waals surface area contributed by atoms with Crippen molar-refractivity contribution in [1.82, 2.24) is 14.9 Å². The van der Waals surface area contributed by atoms with Crippen LogP contribution in [0.5, 0.6) is 0 Å². The van der Waals surface area contributed by atoms with Gasteiger partial charge in [0.1, 0.15) is 0 Å². The van der Waals surface area contributed by atoms with Crippen molar-refractivity contribution in [1.29, 1.82) is 0 Å². The second-order valence-electron chi connectivity index (χ2n) is 6.05. The Balaban J connectivity index is 1.61. The highest BCUT2D eigenvalue weighted by Gasteiger charge is 2.10. The average Bonchev–Trinajstić information content (AvgIpc) is 3.04. The van der Waals surface area contributed by atoms with E-state index in [4.69, 9.17) is 0 Å². The summed E-state index contributed by atoms with van der Waals surface area (Å²) in [7, 11) is 0. The third kappa shape index (κ3) is 3.85. The van der Waals surface area contributed by atoms with Gasteiger partial charge < -0.3 is 15.2 Å². The Morgan fingerprint density at radius 1 is 1.12 bits per heavy atom. The molecule has 0 atom stereocenters. The normalized spacial score (nSPS) is 10.8. The maximum atomic E-state index is 12.0. The van der Waals surface area contributed by atoms with Crippen LogP contribution in [0.1, 0.15) is 30.2 Å². The molecule has 0 radical (unpaired) electrons. The van der Waals surface area contributed by atoms with E-state index in [0.29, 0.717) is 17.3 Å². The third-order valence-electron chi connectivity index (χ3n) is 3.86. The quantitative estimate of drug-likeness (QED) is 0.752. The number of amides is 2. The van der Waals surface area contributed by atoms with Crippen molar-refractivity contribution in [2.45, 2.75) is 19.9 Å². The predicted molar refractivity (Wildman–Crippen MR) is 97.5 cm³/mol. The topological polar surface area (TPSA) is 76.0 Å². The zero-order chi connectivity index (χ0) is 17.8. The Morgan fingerprint density at radius 3 is 2.60 bits per heavy atom. The van der Waals surface area contributed by atoms with E-state index in [9.17, 15) is 9.59 Å². The highest BCUT2D eigenvalue weighted by atomic mass is 16.2. The molecule has 0 unspecified atom stereocenters. The molecule has 0 spiro atoms. The lowest BCUT2D eigenvalue weighted by atomic mass is 10.2. The van der Waals surface area contributed by atoms with Gasteiger partial charge in [0.2, 0.25) is 5.91 Å². The summed E-state index contributed by atoms with van der Waals surface area (Å²) < 4.78 is 2.07. The molecule has 0 bridgehead atoms. The zero-order valence-electron chi connectivity index (χ0n) is 14.2. The van der Waals surface area contributed by atoms with Crippen LogP contribution in [-0.4, -0.2) is 27.9 Å². The number of hydrogen-bond donors (Lipinski definition) is 2. The lowest BCUT2D eigenvalue weighted by Crippen LogP contribution is -2.32. The molecule has 2 aromatic carbocycles. The molecule has 3 aromatic rings. The minimum Gasteiger partial charge on any atom is -0.343 e. The van der Waals surface area contributed by atoms with Crippen molar-refractivity contribution in [3.8, 4) is 0 Å². The maximum absolute atomic E-state index is 12.0. The van der Waals surface area contributed by atoms with E-state index < -0.39 is 0 Å². The van der Waals surface area contributed by atoms with Gasteiger partial charge in [0.15, 0.2) is 0 Å². The summed E-state index contributed by atoms with van der Waals surface area (Å²) in [5.74, 6) is -0.561. The highest BCUT2D eigenvalue weighted by molar-refractivity contribution is 5.99. The van der Waals surface area contributed by atoms with Gasteiger partial charge in [-0.1, -0.05) is 18.2 Å². The molecular weight excluding hydrogens is 316 g/mol. The van der Waals surface area contributed by atoms with Gasteiger partial charge in [-0.15, -0.1) is 0 Å². The first kappa shape index (κ1) is 16.7. The van der Waals surface area contributed by atoms with Gasteiger partial charge in [0.05, 0.1) is 23.9 Å². The number of rotatable bonds is 5. The molecule has 6 nitrogen and oxygen atoms in total. The highest BCUT2D eigenvalue weighted by Crippen LogP contribution is 2.21. The Labute approximate surface area is 145 Å². The molecule has 25 heavy (non-hydrogen) atoms. The van der Waals surface area contributed by atoms with Crippen molar-refractivity contribution in [2.24, 2.45) is 0 Å². The monoisotopic (exact) mass is 336 g/mol. The number of nitrogens with zero attached hydrogens (tertiary/aromatic N) is 2. The summed E-state index contributed by atoms with van der Waals surface area (Å²) in [6.45, 7) is 4.09. The van der Waals surface area contributed by atoms with E-state index in [0.717, 1.165) is 11.0 Å². The van der Waals surface area contributed by atoms with Crippen molar-refractivity contribution in [2.75, 3.05) is 11.9 Å². The van der Waals surface area contributed by atoms with E-state index in [1.807, 2.05) is 24.3 Å². The SMILES string of the molecule is CC(C)n1cnc2cc(NC(=O)CNC(=O)c3ccccc3)ccc21. The number of imidazole rings is 1. The summed E-state index contributed by atoms with van der Waals surface area (Å²) in [6.07, 6.45) is 1.79. The van der Waals surface area contributed by atoms with Crippen LogP contribution in [0.3, 0.4) is 0 Å². The molecule has 128 valence electrons. The van der Waals surface area contributed by atoms with E-state index >= 15 is 0 Å². The number of carbonyl (C=O) groups excluding carboxylic acids is 2. The standard InChI is InChI=1S/C19H20N4O2/c1-13(2)23-12-21-16-10-15(8-9-17(16)23)22-18(24)11-20-19(25)14-6-4-3-5-7-14/h3-10,12-13H,11H2,1-2H3,(H,20,25)(H,22,24). The smallest absolute Gasteiger partial charge is 0.251 e. The van der Waals surface area contributed by atoms with Crippen LogP contribution in [0.25, 0.3) is 11.0 Å². The molecule has 0 aliphatic heterocycles. The van der Waals surface area contributed by atoms with Crippen LogP contribution in [0.2, 0.25) is 0 Å². The fourth-order valence-electron chi connectivity index (χ4n) is 2.58. The van der Waals surface area contributed by atoms with Gasteiger partial charge in [-0.3, -0.25) is 9.59 Å². The van der Waals surface area contributed by atoms with Gasteiger partial charge in [-0.2, -0.15) is 0 Å². The first-order valence-corrected chi connectivity index (χ1v) is 8.14.